The van der Waals surface area contributed by atoms with Crippen molar-refractivity contribution in [1.82, 2.24) is 26.4 Å². The molecule has 0 saturated heterocycles. The molecule has 18 nitrogen and oxygen atoms in total. The first kappa shape index (κ1) is 50.8. The fourth-order valence-corrected chi connectivity index (χ4v) is 5.29. The molecular formula is C43H60N6O12. The summed E-state index contributed by atoms with van der Waals surface area (Å²) >= 11 is 0. The van der Waals surface area contributed by atoms with E-state index in [9.17, 15) is 43.5 Å². The molecule has 4 atom stereocenters. The Morgan fingerprint density at radius 3 is 1.82 bits per heavy atom. The van der Waals surface area contributed by atoms with Crippen molar-refractivity contribution < 1.29 is 57.7 Å². The zero-order valence-corrected chi connectivity index (χ0v) is 36.2. The molecule has 0 saturated carbocycles. The van der Waals surface area contributed by atoms with Gasteiger partial charge in [-0.2, -0.15) is 0 Å². The van der Waals surface area contributed by atoms with Crippen LogP contribution in [0.1, 0.15) is 87.1 Å². The van der Waals surface area contributed by atoms with E-state index in [0.29, 0.717) is 16.3 Å². The van der Waals surface area contributed by atoms with Gasteiger partial charge < -0.3 is 40.6 Å². The molecule has 0 aromatic heterocycles. The van der Waals surface area contributed by atoms with E-state index in [1.807, 2.05) is 13.8 Å². The maximum atomic E-state index is 13.9. The third-order valence-corrected chi connectivity index (χ3v) is 7.92. The third-order valence-electron chi connectivity index (χ3n) is 7.92. The van der Waals surface area contributed by atoms with Crippen molar-refractivity contribution in [2.24, 2.45) is 5.92 Å². The van der Waals surface area contributed by atoms with Gasteiger partial charge in [0.05, 0.1) is 6.10 Å². The van der Waals surface area contributed by atoms with Gasteiger partial charge in [0.2, 0.25) is 17.7 Å². The molecule has 6 amide bonds. The molecule has 0 unspecified atom stereocenters. The van der Waals surface area contributed by atoms with Crippen LogP contribution >= 0.6 is 0 Å². The number of hydrogen-bond acceptors (Lipinski definition) is 12. The second-order valence-electron chi connectivity index (χ2n) is 16.5. The van der Waals surface area contributed by atoms with Crippen LogP contribution in [0.4, 0.5) is 10.5 Å². The minimum atomic E-state index is -1.81. The lowest BCUT2D eigenvalue weighted by Gasteiger charge is -2.29. The highest BCUT2D eigenvalue weighted by atomic mass is 16.6. The van der Waals surface area contributed by atoms with Crippen LogP contribution in [0.5, 0.6) is 0 Å². The highest BCUT2D eigenvalue weighted by Crippen LogP contribution is 2.13. The quantitative estimate of drug-likeness (QED) is 0.0517. The third kappa shape index (κ3) is 21.0. The molecule has 2 rings (SSSR count). The normalized spacial score (nSPS) is 13.4. The van der Waals surface area contributed by atoms with E-state index in [1.54, 1.807) is 102 Å². The minimum absolute atomic E-state index is 0.0763. The Kier molecular flexibility index (Phi) is 20.1. The first-order chi connectivity index (χ1) is 28.4. The van der Waals surface area contributed by atoms with Crippen LogP contribution in [0.3, 0.4) is 0 Å². The fourth-order valence-electron chi connectivity index (χ4n) is 5.29. The van der Waals surface area contributed by atoms with Gasteiger partial charge in [0.1, 0.15) is 42.5 Å². The minimum Gasteiger partial charge on any atom is -0.460 e. The molecule has 0 radical (unpaired) electrons. The van der Waals surface area contributed by atoms with Crippen LogP contribution in [-0.2, 0) is 54.4 Å². The summed E-state index contributed by atoms with van der Waals surface area (Å²) in [5.41, 5.74) is 1.49. The van der Waals surface area contributed by atoms with Crippen molar-refractivity contribution in [2.45, 2.75) is 124 Å². The van der Waals surface area contributed by atoms with Gasteiger partial charge in [0.25, 0.3) is 11.8 Å². The van der Waals surface area contributed by atoms with Gasteiger partial charge in [0, 0.05) is 24.3 Å². The Labute approximate surface area is 356 Å². The number of amides is 6. The lowest BCUT2D eigenvalue weighted by atomic mass is 10.0. The number of nitrogens with zero attached hydrogens (tertiary/aromatic N) is 1. The topological polar surface area (TPSA) is 248 Å². The van der Waals surface area contributed by atoms with Crippen molar-refractivity contribution in [1.29, 1.82) is 0 Å². The van der Waals surface area contributed by atoms with Gasteiger partial charge in [-0.1, -0.05) is 62.4 Å². The highest BCUT2D eigenvalue weighted by Gasteiger charge is 2.34. The molecular weight excluding hydrogens is 793 g/mol. The fraction of sp³-hybridized carbons (Fsp3) is 0.488. The number of aliphatic hydroxyl groups excluding tert-OH is 1. The number of hydrogen-bond donors (Lipinski definition) is 6. The second-order valence-corrected chi connectivity index (χ2v) is 16.5. The van der Waals surface area contributed by atoms with Crippen LogP contribution in [0.25, 0.3) is 0 Å². The first-order valence-corrected chi connectivity index (χ1v) is 19.8. The number of esters is 2. The number of carbonyl (C=O) groups excluding carboxylic acids is 8. The van der Waals surface area contributed by atoms with Gasteiger partial charge in [0.15, 0.2) is 0 Å². The summed E-state index contributed by atoms with van der Waals surface area (Å²) in [6, 6.07) is 12.6. The van der Waals surface area contributed by atoms with Gasteiger partial charge in [-0.15, -0.1) is 0 Å². The van der Waals surface area contributed by atoms with Crippen LogP contribution in [0, 0.1) is 5.92 Å². The lowest BCUT2D eigenvalue weighted by molar-refractivity contribution is -0.161. The summed E-state index contributed by atoms with van der Waals surface area (Å²) in [5.74, 6) is -6.55. The van der Waals surface area contributed by atoms with Crippen LogP contribution in [0.15, 0.2) is 72.8 Å². The smallest absolute Gasteiger partial charge is 0.408 e. The van der Waals surface area contributed by atoms with Gasteiger partial charge in [-0.3, -0.25) is 39.0 Å². The van der Waals surface area contributed by atoms with E-state index in [2.05, 4.69) is 26.7 Å². The number of nitrogens with one attached hydrogen (secondary N) is 5. The van der Waals surface area contributed by atoms with Crippen LogP contribution < -0.4 is 26.7 Å². The zero-order valence-electron chi connectivity index (χ0n) is 36.2. The SMILES string of the molecule is CC(C)C[C@H](NC(=O)OCc1ccccc1)C(=O)N[C@@H](CCC(=O)OC(C)(C)C)C(=O)N[C@H](C(=O)NN(CC(=O)OC(C)(C)C)C(=O)/C=C/C(=O)Nc1ccccc1)[C@@H](C)O. The molecule has 2 aromatic carbocycles. The maximum absolute atomic E-state index is 13.9. The molecule has 61 heavy (non-hydrogen) atoms. The Hall–Kier alpha value is -6.30. The van der Waals surface area contributed by atoms with Gasteiger partial charge in [-0.05, 0) is 84.9 Å². The molecule has 0 heterocycles. The molecule has 0 aliphatic rings. The number of alkyl carbamates (subject to hydrolysis) is 1. The number of carbonyl (C=O) groups is 8. The average Bonchev–Trinajstić information content (AvgIpc) is 3.15. The number of rotatable bonds is 19. The predicted octanol–water partition coefficient (Wildman–Crippen LogP) is 3.20. The molecule has 2 aromatic rings. The lowest BCUT2D eigenvalue weighted by Crippen LogP contribution is -2.61. The monoisotopic (exact) mass is 852 g/mol. The number of hydrazine groups is 1. The molecule has 18 heteroatoms. The summed E-state index contributed by atoms with van der Waals surface area (Å²) in [7, 11) is 0. The number of benzene rings is 2. The van der Waals surface area contributed by atoms with Gasteiger partial charge >= 0.3 is 18.0 Å². The van der Waals surface area contributed by atoms with E-state index < -0.39 is 89.5 Å². The van der Waals surface area contributed by atoms with Crippen LogP contribution in [-0.4, -0.2) is 99.7 Å². The summed E-state index contributed by atoms with van der Waals surface area (Å²) in [6.07, 6.45) is -1.46. The molecule has 0 spiro atoms. The second kappa shape index (κ2) is 24.1. The van der Waals surface area contributed by atoms with Crippen LogP contribution in [0.2, 0.25) is 0 Å². The zero-order chi connectivity index (χ0) is 45.9. The molecule has 6 N–H and O–H groups in total. The Morgan fingerprint density at radius 1 is 0.705 bits per heavy atom. The summed E-state index contributed by atoms with van der Waals surface area (Å²) < 4.78 is 16.0. The van der Waals surface area contributed by atoms with E-state index in [1.165, 1.54) is 0 Å². The highest BCUT2D eigenvalue weighted by molar-refractivity contribution is 6.04. The summed E-state index contributed by atoms with van der Waals surface area (Å²) in [4.78, 5) is 105. The number of aliphatic hydroxyl groups is 1. The number of anilines is 1. The Bertz CT molecular complexity index is 1840. The largest absolute Gasteiger partial charge is 0.460 e. The Morgan fingerprint density at radius 2 is 1.26 bits per heavy atom. The Balaban J connectivity index is 2.34. The molecule has 0 fully saturated rings. The summed E-state index contributed by atoms with van der Waals surface area (Å²) in [5, 5.41) is 21.2. The van der Waals surface area contributed by atoms with E-state index in [0.717, 1.165) is 19.1 Å². The number of para-hydroxylation sites is 1. The molecule has 334 valence electrons. The maximum Gasteiger partial charge on any atom is 0.408 e. The average molecular weight is 853 g/mol. The molecule has 0 aliphatic heterocycles. The van der Waals surface area contributed by atoms with E-state index in [-0.39, 0.29) is 31.8 Å². The molecule has 0 bridgehead atoms. The van der Waals surface area contributed by atoms with Gasteiger partial charge in [-0.25, -0.2) is 9.80 Å². The van der Waals surface area contributed by atoms with Crippen molar-refractivity contribution in [3.05, 3.63) is 78.4 Å². The predicted molar refractivity (Wildman–Crippen MR) is 224 cm³/mol. The van der Waals surface area contributed by atoms with Crippen molar-refractivity contribution in [3.8, 4) is 0 Å². The van der Waals surface area contributed by atoms with Crippen molar-refractivity contribution in [2.75, 3.05) is 11.9 Å². The van der Waals surface area contributed by atoms with Crippen molar-refractivity contribution >= 4 is 53.3 Å². The summed E-state index contributed by atoms with van der Waals surface area (Å²) in [6.45, 7) is 13.5. The van der Waals surface area contributed by atoms with Crippen molar-refractivity contribution in [3.63, 3.8) is 0 Å². The van der Waals surface area contributed by atoms with E-state index in [4.69, 9.17) is 14.2 Å². The standard InChI is InChI=1S/C43H60N6O12/c1-27(2)24-32(46-41(58)59-26-29-16-12-10-13-17-29)39(56)45-31(20-23-35(53)60-42(4,5)6)38(55)47-37(28(3)50)40(57)48-49(25-36(54)61-43(7,8)9)34(52)22-21-33(51)44-30-18-14-11-15-19-30/h10-19,21-22,27-28,31-32,37,50H,20,23-26H2,1-9H3,(H,44,51)(H,45,56)(H,46,58)(H,47,55)(H,48,57)/b22-21+/t28-,31+,32+,37+/m1/s1. The van der Waals surface area contributed by atoms with E-state index >= 15 is 0 Å². The number of ether oxygens (including phenoxy) is 3. The molecule has 0 aliphatic carbocycles. The first-order valence-electron chi connectivity index (χ1n) is 19.8.